The fraction of sp³-hybridized carbons (Fsp3) is 0.579. The van der Waals surface area contributed by atoms with Crippen molar-refractivity contribution in [2.45, 2.75) is 52.0 Å². The Balaban J connectivity index is 1.90. The third-order valence-electron chi connectivity index (χ3n) is 5.03. The summed E-state index contributed by atoms with van der Waals surface area (Å²) in [5, 5.41) is 2.87. The molecule has 2 amide bonds. The summed E-state index contributed by atoms with van der Waals surface area (Å²) in [5.41, 5.74) is 6.47. The van der Waals surface area contributed by atoms with Crippen molar-refractivity contribution in [3.05, 3.63) is 35.9 Å². The highest BCUT2D eigenvalue weighted by Gasteiger charge is 2.29. The van der Waals surface area contributed by atoms with Gasteiger partial charge < -0.3 is 11.1 Å². The minimum absolute atomic E-state index is 0.0163. The molecule has 4 heteroatoms. The lowest BCUT2D eigenvalue weighted by molar-refractivity contribution is -0.130. The van der Waals surface area contributed by atoms with E-state index in [1.54, 1.807) is 0 Å². The van der Waals surface area contributed by atoms with Crippen LogP contribution in [0.15, 0.2) is 30.3 Å². The number of hydrogen-bond donors (Lipinski definition) is 2. The summed E-state index contributed by atoms with van der Waals surface area (Å²) in [6.45, 7) is 4.49. The number of nitrogens with two attached hydrogens (primary N) is 1. The van der Waals surface area contributed by atoms with Crippen molar-refractivity contribution in [2.75, 3.05) is 0 Å². The maximum absolute atomic E-state index is 12.5. The van der Waals surface area contributed by atoms with Crippen molar-refractivity contribution < 1.29 is 9.59 Å². The van der Waals surface area contributed by atoms with Crippen LogP contribution in [0.2, 0.25) is 0 Å². The second-order valence-electron chi connectivity index (χ2n) is 7.01. The Morgan fingerprint density at radius 3 is 2.26 bits per heavy atom. The highest BCUT2D eigenvalue weighted by Crippen LogP contribution is 2.33. The molecule has 126 valence electrons. The molecule has 0 bridgehead atoms. The SMILES string of the molecule is CC(C)C1CCC(C(=O)N[C@H](Cc2ccccc2)C(N)=O)CC1. The lowest BCUT2D eigenvalue weighted by Gasteiger charge is -2.30. The van der Waals surface area contributed by atoms with Crippen LogP contribution in [0.3, 0.4) is 0 Å². The first-order chi connectivity index (χ1) is 11.0. The van der Waals surface area contributed by atoms with Gasteiger partial charge in [0.1, 0.15) is 6.04 Å². The van der Waals surface area contributed by atoms with E-state index in [2.05, 4.69) is 19.2 Å². The molecule has 1 aliphatic rings. The Bertz CT molecular complexity index is 519. The van der Waals surface area contributed by atoms with E-state index in [1.807, 2.05) is 30.3 Å². The molecule has 0 saturated heterocycles. The van der Waals surface area contributed by atoms with E-state index in [-0.39, 0.29) is 11.8 Å². The number of carbonyl (C=O) groups excluding carboxylic acids is 2. The first-order valence-corrected chi connectivity index (χ1v) is 8.61. The summed E-state index contributed by atoms with van der Waals surface area (Å²) >= 11 is 0. The first kappa shape index (κ1) is 17.5. The van der Waals surface area contributed by atoms with Crippen molar-refractivity contribution in [3.8, 4) is 0 Å². The normalized spacial score (nSPS) is 22.6. The zero-order valence-corrected chi connectivity index (χ0v) is 14.1. The minimum Gasteiger partial charge on any atom is -0.368 e. The van der Waals surface area contributed by atoms with Gasteiger partial charge in [0.2, 0.25) is 11.8 Å². The van der Waals surface area contributed by atoms with Gasteiger partial charge in [-0.3, -0.25) is 9.59 Å². The van der Waals surface area contributed by atoms with Gasteiger partial charge in [-0.05, 0) is 43.1 Å². The van der Waals surface area contributed by atoms with Gasteiger partial charge in [-0.1, -0.05) is 44.2 Å². The molecule has 0 radical (unpaired) electrons. The number of rotatable bonds is 6. The van der Waals surface area contributed by atoms with Crippen LogP contribution in [-0.2, 0) is 16.0 Å². The Morgan fingerprint density at radius 2 is 1.74 bits per heavy atom. The summed E-state index contributed by atoms with van der Waals surface area (Å²) in [7, 11) is 0. The molecule has 3 N–H and O–H groups in total. The van der Waals surface area contributed by atoms with Crippen molar-refractivity contribution in [1.82, 2.24) is 5.32 Å². The van der Waals surface area contributed by atoms with Crippen LogP contribution in [0.1, 0.15) is 45.1 Å². The van der Waals surface area contributed by atoms with Crippen LogP contribution in [0.25, 0.3) is 0 Å². The quantitative estimate of drug-likeness (QED) is 0.847. The highest BCUT2D eigenvalue weighted by molar-refractivity contribution is 5.87. The van der Waals surface area contributed by atoms with E-state index in [9.17, 15) is 9.59 Å². The van der Waals surface area contributed by atoms with E-state index in [1.165, 1.54) is 0 Å². The standard InChI is InChI=1S/C19H28N2O2/c1-13(2)15-8-10-16(11-9-15)19(23)21-17(18(20)22)12-14-6-4-3-5-7-14/h3-7,13,15-17H,8-12H2,1-2H3,(H2,20,22)(H,21,23)/t15?,16?,17-/m1/s1. The van der Waals surface area contributed by atoms with Gasteiger partial charge in [-0.2, -0.15) is 0 Å². The zero-order chi connectivity index (χ0) is 16.8. The summed E-state index contributed by atoms with van der Waals surface area (Å²) < 4.78 is 0. The van der Waals surface area contributed by atoms with E-state index in [4.69, 9.17) is 5.73 Å². The monoisotopic (exact) mass is 316 g/mol. The molecule has 2 rings (SSSR count). The molecule has 23 heavy (non-hydrogen) atoms. The second-order valence-corrected chi connectivity index (χ2v) is 7.01. The van der Waals surface area contributed by atoms with Crippen LogP contribution >= 0.6 is 0 Å². The van der Waals surface area contributed by atoms with Gasteiger partial charge in [-0.15, -0.1) is 0 Å². The van der Waals surface area contributed by atoms with Gasteiger partial charge >= 0.3 is 0 Å². The first-order valence-electron chi connectivity index (χ1n) is 8.61. The second kappa shape index (κ2) is 8.14. The van der Waals surface area contributed by atoms with E-state index in [0.717, 1.165) is 37.2 Å². The largest absolute Gasteiger partial charge is 0.368 e. The summed E-state index contributed by atoms with van der Waals surface area (Å²) in [6, 6.07) is 9.01. The van der Waals surface area contributed by atoms with Gasteiger partial charge in [0.15, 0.2) is 0 Å². The molecule has 1 aromatic rings. The Morgan fingerprint density at radius 1 is 1.13 bits per heavy atom. The maximum atomic E-state index is 12.5. The van der Waals surface area contributed by atoms with E-state index < -0.39 is 11.9 Å². The molecule has 1 fully saturated rings. The number of amides is 2. The number of carbonyl (C=O) groups is 2. The van der Waals surface area contributed by atoms with Crippen molar-refractivity contribution in [3.63, 3.8) is 0 Å². The van der Waals surface area contributed by atoms with Crippen LogP contribution in [0.4, 0.5) is 0 Å². The third-order valence-corrected chi connectivity index (χ3v) is 5.03. The topological polar surface area (TPSA) is 72.2 Å². The summed E-state index contributed by atoms with van der Waals surface area (Å²) in [6.07, 6.45) is 4.45. The number of primary amides is 1. The van der Waals surface area contributed by atoms with Crippen molar-refractivity contribution >= 4 is 11.8 Å². The molecule has 4 nitrogen and oxygen atoms in total. The van der Waals surface area contributed by atoms with Gasteiger partial charge in [0.05, 0.1) is 0 Å². The average molecular weight is 316 g/mol. The Kier molecular flexibility index (Phi) is 6.20. The van der Waals surface area contributed by atoms with E-state index >= 15 is 0 Å². The summed E-state index contributed by atoms with van der Waals surface area (Å²) in [5.74, 6) is 0.915. The molecular weight excluding hydrogens is 288 g/mol. The average Bonchev–Trinajstić information content (AvgIpc) is 2.55. The predicted octanol–water partition coefficient (Wildman–Crippen LogP) is 2.66. The molecule has 1 saturated carbocycles. The van der Waals surface area contributed by atoms with Crippen molar-refractivity contribution in [2.24, 2.45) is 23.5 Å². The molecular formula is C19H28N2O2. The Hall–Kier alpha value is -1.84. The number of benzene rings is 1. The van der Waals surface area contributed by atoms with Gasteiger partial charge in [-0.25, -0.2) is 0 Å². The molecule has 0 spiro atoms. The summed E-state index contributed by atoms with van der Waals surface area (Å²) in [4.78, 5) is 24.1. The van der Waals surface area contributed by atoms with Crippen LogP contribution in [0, 0.1) is 17.8 Å². The van der Waals surface area contributed by atoms with E-state index in [0.29, 0.717) is 12.3 Å². The van der Waals surface area contributed by atoms with Gasteiger partial charge in [0.25, 0.3) is 0 Å². The minimum atomic E-state index is -0.632. The smallest absolute Gasteiger partial charge is 0.240 e. The van der Waals surface area contributed by atoms with Crippen LogP contribution in [-0.4, -0.2) is 17.9 Å². The van der Waals surface area contributed by atoms with Crippen LogP contribution < -0.4 is 11.1 Å². The molecule has 1 aromatic carbocycles. The highest BCUT2D eigenvalue weighted by atomic mass is 16.2. The molecule has 0 unspecified atom stereocenters. The van der Waals surface area contributed by atoms with Crippen LogP contribution in [0.5, 0.6) is 0 Å². The Labute approximate surface area is 138 Å². The fourth-order valence-corrected chi connectivity index (χ4v) is 3.41. The fourth-order valence-electron chi connectivity index (χ4n) is 3.41. The number of nitrogens with one attached hydrogen (secondary N) is 1. The maximum Gasteiger partial charge on any atom is 0.240 e. The molecule has 0 heterocycles. The molecule has 0 aliphatic heterocycles. The molecule has 0 aromatic heterocycles. The van der Waals surface area contributed by atoms with Gasteiger partial charge in [0, 0.05) is 12.3 Å². The third kappa shape index (κ3) is 5.08. The lowest BCUT2D eigenvalue weighted by Crippen LogP contribution is -2.48. The lowest BCUT2D eigenvalue weighted by atomic mass is 9.76. The number of hydrogen-bond acceptors (Lipinski definition) is 2. The molecule has 1 atom stereocenters. The zero-order valence-electron chi connectivity index (χ0n) is 14.1. The molecule has 1 aliphatic carbocycles. The van der Waals surface area contributed by atoms with Crippen molar-refractivity contribution in [1.29, 1.82) is 0 Å². The predicted molar refractivity (Wildman–Crippen MR) is 91.6 cm³/mol.